The number of allylic oxidation sites excluding steroid dienone is 1. The lowest BCUT2D eigenvalue weighted by Gasteiger charge is -2.04. The predicted octanol–water partition coefficient (Wildman–Crippen LogP) is 16.3. The lowest BCUT2D eigenvalue weighted by Crippen LogP contribution is -1.98. The molecule has 2 nitrogen and oxygen atoms in total. The molecule has 0 saturated heterocycles. The number of esters is 1. The molecule has 0 amide bonds. The minimum absolute atomic E-state index is 0.0546. The first-order chi connectivity index (χ1) is 22.8. The van der Waals surface area contributed by atoms with Crippen LogP contribution < -0.4 is 0 Å². The largest absolute Gasteiger partial charge is 0.435 e. The highest BCUT2D eigenvalue weighted by Gasteiger charge is 2.01. The molecule has 0 atom stereocenters. The Hall–Kier alpha value is -0.790. The average Bonchev–Trinajstić information content (AvgIpc) is 3.06. The molecule has 0 aromatic heterocycles. The Labute approximate surface area is 291 Å². The zero-order chi connectivity index (χ0) is 33.3. The summed E-state index contributed by atoms with van der Waals surface area (Å²) in [6.07, 6.45) is 56.9. The van der Waals surface area contributed by atoms with Crippen LogP contribution in [0.1, 0.15) is 264 Å². The van der Waals surface area contributed by atoms with Gasteiger partial charge in [0.15, 0.2) is 0 Å². The summed E-state index contributed by atoms with van der Waals surface area (Å²) in [6, 6.07) is 0. The number of ether oxygens (including phenoxy) is 1. The summed E-state index contributed by atoms with van der Waals surface area (Å²) in [5.41, 5.74) is 0. The fourth-order valence-corrected chi connectivity index (χ4v) is 6.76. The Balaban J connectivity index is 3.20. The van der Waals surface area contributed by atoms with Crippen LogP contribution in [0.2, 0.25) is 0 Å². The van der Waals surface area contributed by atoms with Crippen molar-refractivity contribution in [2.75, 3.05) is 0 Å². The first kappa shape index (κ1) is 45.2. The van der Waals surface area contributed by atoms with Gasteiger partial charge in [-0.2, -0.15) is 0 Å². The molecule has 0 unspecified atom stereocenters. The minimum atomic E-state index is -0.0546. The van der Waals surface area contributed by atoms with Crippen LogP contribution in [0, 0.1) is 0 Å². The Morgan fingerprint density at radius 2 is 0.587 bits per heavy atom. The van der Waals surface area contributed by atoms with Gasteiger partial charge >= 0.3 is 5.97 Å². The molecular formula is C44H86O2. The maximum Gasteiger partial charge on any atom is 0.310 e. The third kappa shape index (κ3) is 41.2. The van der Waals surface area contributed by atoms with E-state index in [1.807, 2.05) is 6.08 Å². The molecule has 0 aliphatic heterocycles. The molecule has 0 fully saturated rings. The highest BCUT2D eigenvalue weighted by atomic mass is 16.5. The monoisotopic (exact) mass is 647 g/mol. The third-order valence-corrected chi connectivity index (χ3v) is 10.0. The fourth-order valence-electron chi connectivity index (χ4n) is 6.76. The summed E-state index contributed by atoms with van der Waals surface area (Å²) in [4.78, 5) is 12.0. The number of carbonyl (C=O) groups excluding carboxylic acids is 1. The van der Waals surface area contributed by atoms with Crippen molar-refractivity contribution in [1.29, 1.82) is 0 Å². The Kier molecular flexibility index (Phi) is 41.5. The Morgan fingerprint density at radius 3 is 0.870 bits per heavy atom. The molecule has 0 bridgehead atoms. The van der Waals surface area contributed by atoms with Gasteiger partial charge in [0.25, 0.3) is 0 Å². The zero-order valence-electron chi connectivity index (χ0n) is 32.0. The van der Waals surface area contributed by atoms with E-state index in [9.17, 15) is 4.79 Å². The van der Waals surface area contributed by atoms with E-state index >= 15 is 0 Å². The lowest BCUT2D eigenvalue weighted by atomic mass is 10.0. The molecule has 0 aliphatic carbocycles. The molecule has 0 saturated carbocycles. The number of unbranched alkanes of at least 4 members (excludes halogenated alkanes) is 36. The average molecular weight is 647 g/mol. The standard InChI is InChI=1S/C44H86O2/c1-3-5-7-9-11-13-15-17-19-21-23-25-27-29-31-33-35-37-39-41-43-46-44(45)42-40-38-36-34-32-30-28-26-24-22-20-18-16-14-12-10-8-6-4-2/h41,43H,3-40,42H2,1-2H3. The van der Waals surface area contributed by atoms with Crippen molar-refractivity contribution in [3.05, 3.63) is 12.3 Å². The second-order valence-electron chi connectivity index (χ2n) is 14.8. The van der Waals surface area contributed by atoms with Crippen molar-refractivity contribution in [2.24, 2.45) is 0 Å². The highest BCUT2D eigenvalue weighted by molar-refractivity contribution is 5.69. The third-order valence-electron chi connectivity index (χ3n) is 10.0. The normalized spacial score (nSPS) is 11.6. The molecule has 2 heteroatoms. The van der Waals surface area contributed by atoms with Gasteiger partial charge in [0.2, 0.25) is 0 Å². The molecule has 0 rings (SSSR count). The first-order valence-corrected chi connectivity index (χ1v) is 21.7. The zero-order valence-corrected chi connectivity index (χ0v) is 32.0. The van der Waals surface area contributed by atoms with Crippen molar-refractivity contribution in [3.63, 3.8) is 0 Å². The molecule has 274 valence electrons. The summed E-state index contributed by atoms with van der Waals surface area (Å²) in [5.74, 6) is -0.0546. The molecule has 0 aromatic rings. The summed E-state index contributed by atoms with van der Waals surface area (Å²) in [5, 5.41) is 0. The van der Waals surface area contributed by atoms with E-state index in [1.165, 1.54) is 225 Å². The molecule has 0 heterocycles. The quantitative estimate of drug-likeness (QED) is 0.0376. The van der Waals surface area contributed by atoms with E-state index in [4.69, 9.17) is 4.74 Å². The van der Waals surface area contributed by atoms with Gasteiger partial charge in [-0.15, -0.1) is 0 Å². The van der Waals surface area contributed by atoms with Crippen LogP contribution in [0.3, 0.4) is 0 Å². The van der Waals surface area contributed by atoms with Crippen LogP contribution in [0.15, 0.2) is 12.3 Å². The van der Waals surface area contributed by atoms with Gasteiger partial charge in [0.05, 0.1) is 6.26 Å². The topological polar surface area (TPSA) is 26.3 Å². The highest BCUT2D eigenvalue weighted by Crippen LogP contribution is 2.16. The second kappa shape index (κ2) is 42.2. The van der Waals surface area contributed by atoms with Crippen LogP contribution in [-0.4, -0.2) is 5.97 Å². The van der Waals surface area contributed by atoms with Crippen molar-refractivity contribution < 1.29 is 9.53 Å². The van der Waals surface area contributed by atoms with Gasteiger partial charge in [-0.1, -0.05) is 239 Å². The minimum Gasteiger partial charge on any atom is -0.435 e. The first-order valence-electron chi connectivity index (χ1n) is 21.7. The van der Waals surface area contributed by atoms with E-state index in [0.717, 1.165) is 19.3 Å². The molecule has 0 aromatic carbocycles. The number of rotatable bonds is 40. The summed E-state index contributed by atoms with van der Waals surface area (Å²) in [7, 11) is 0. The maximum atomic E-state index is 12.0. The summed E-state index contributed by atoms with van der Waals surface area (Å²) in [6.45, 7) is 4.59. The molecule has 0 aliphatic rings. The van der Waals surface area contributed by atoms with E-state index < -0.39 is 0 Å². The molecule has 0 N–H and O–H groups in total. The van der Waals surface area contributed by atoms with Crippen molar-refractivity contribution >= 4 is 5.97 Å². The predicted molar refractivity (Wildman–Crippen MR) is 207 cm³/mol. The summed E-state index contributed by atoms with van der Waals surface area (Å²) < 4.78 is 5.30. The van der Waals surface area contributed by atoms with E-state index in [2.05, 4.69) is 13.8 Å². The van der Waals surface area contributed by atoms with Gasteiger partial charge in [-0.05, 0) is 25.3 Å². The maximum absolute atomic E-state index is 12.0. The van der Waals surface area contributed by atoms with Crippen LogP contribution in [0.25, 0.3) is 0 Å². The number of hydrogen-bond acceptors (Lipinski definition) is 2. The van der Waals surface area contributed by atoms with Gasteiger partial charge in [-0.3, -0.25) is 4.79 Å². The van der Waals surface area contributed by atoms with E-state index in [0.29, 0.717) is 6.42 Å². The van der Waals surface area contributed by atoms with Gasteiger partial charge in [0, 0.05) is 6.42 Å². The number of hydrogen-bond donors (Lipinski definition) is 0. The molecular weight excluding hydrogens is 560 g/mol. The molecule has 0 radical (unpaired) electrons. The van der Waals surface area contributed by atoms with Gasteiger partial charge in [-0.25, -0.2) is 0 Å². The SMILES string of the molecule is CCCCCCCCCCCCCCCCCCCCC=COC(=O)CCCCCCCCCCCCCCCCCCCCC. The van der Waals surface area contributed by atoms with Crippen LogP contribution in [-0.2, 0) is 9.53 Å². The number of carbonyl (C=O) groups is 1. The van der Waals surface area contributed by atoms with Crippen LogP contribution in [0.5, 0.6) is 0 Å². The van der Waals surface area contributed by atoms with Gasteiger partial charge < -0.3 is 4.74 Å². The fraction of sp³-hybridized carbons (Fsp3) is 0.932. The van der Waals surface area contributed by atoms with E-state index in [-0.39, 0.29) is 5.97 Å². The van der Waals surface area contributed by atoms with Crippen molar-refractivity contribution in [1.82, 2.24) is 0 Å². The Bertz CT molecular complexity index is 582. The second-order valence-corrected chi connectivity index (χ2v) is 14.8. The Morgan fingerprint density at radius 1 is 0.348 bits per heavy atom. The summed E-state index contributed by atoms with van der Waals surface area (Å²) >= 11 is 0. The molecule has 0 spiro atoms. The molecule has 46 heavy (non-hydrogen) atoms. The van der Waals surface area contributed by atoms with Crippen LogP contribution >= 0.6 is 0 Å². The smallest absolute Gasteiger partial charge is 0.310 e. The van der Waals surface area contributed by atoms with Crippen molar-refractivity contribution in [2.45, 2.75) is 264 Å². The van der Waals surface area contributed by atoms with Crippen LogP contribution in [0.4, 0.5) is 0 Å². The van der Waals surface area contributed by atoms with Gasteiger partial charge in [0.1, 0.15) is 0 Å². The van der Waals surface area contributed by atoms with Crippen molar-refractivity contribution in [3.8, 4) is 0 Å². The van der Waals surface area contributed by atoms with E-state index in [1.54, 1.807) is 6.26 Å². The lowest BCUT2D eigenvalue weighted by molar-refractivity contribution is -0.138.